The van der Waals surface area contributed by atoms with E-state index in [9.17, 15) is 68.1 Å². The number of benzene rings is 1. The van der Waals surface area contributed by atoms with Crippen molar-refractivity contribution in [3.8, 4) is 0 Å². The maximum Gasteiger partial charge on any atom is 0.326 e. The molecule has 0 radical (unpaired) electrons. The van der Waals surface area contributed by atoms with E-state index in [4.69, 9.17) is 28.7 Å². The van der Waals surface area contributed by atoms with E-state index in [1.54, 1.807) is 58.0 Å². The molecule has 0 unspecified atom stereocenters. The first-order valence-electron chi connectivity index (χ1n) is 25.1. The summed E-state index contributed by atoms with van der Waals surface area (Å²) < 4.78 is 0. The summed E-state index contributed by atoms with van der Waals surface area (Å²) >= 11 is 0. The van der Waals surface area contributed by atoms with E-state index < -0.39 is 150 Å². The summed E-state index contributed by atoms with van der Waals surface area (Å²) in [6, 6.07) is -4.91. The number of amides is 9. The van der Waals surface area contributed by atoms with Gasteiger partial charge in [-0.25, -0.2) is 4.79 Å². The Labute approximate surface area is 440 Å². The number of aliphatic carboxylic acids is 2. The smallest absolute Gasteiger partial charge is 0.326 e. The number of likely N-dealkylation sites (tertiary alicyclic amines) is 1. The maximum absolute atomic E-state index is 14.1. The molecule has 28 heteroatoms. The number of carboxylic acids is 2. The van der Waals surface area contributed by atoms with Gasteiger partial charge >= 0.3 is 11.9 Å². The summed E-state index contributed by atoms with van der Waals surface area (Å²) in [6.07, 6.45) is -1.96. The number of nitrogens with one attached hydrogen (secondary N) is 7. The lowest BCUT2D eigenvalue weighted by Crippen LogP contribution is -2.62. The number of nitrogens with two attached hydrogens (primary N) is 5. The fourth-order valence-corrected chi connectivity index (χ4v) is 8.03. The number of aliphatic hydroxyl groups is 1. The number of unbranched alkanes of at least 4 members (excludes halogenated alkanes) is 1. The van der Waals surface area contributed by atoms with Gasteiger partial charge in [-0.1, -0.05) is 58.0 Å². The van der Waals surface area contributed by atoms with Crippen molar-refractivity contribution >= 4 is 71.1 Å². The lowest BCUT2D eigenvalue weighted by atomic mass is 9.98. The second-order valence-electron chi connectivity index (χ2n) is 19.3. The van der Waals surface area contributed by atoms with E-state index in [0.717, 1.165) is 0 Å². The molecule has 424 valence electrons. The van der Waals surface area contributed by atoms with Crippen molar-refractivity contribution in [2.24, 2.45) is 45.5 Å². The highest BCUT2D eigenvalue weighted by atomic mass is 16.4. The third-order valence-electron chi connectivity index (χ3n) is 12.2. The minimum atomic E-state index is -1.91. The number of aliphatic hydroxyl groups excluding tert-OH is 1. The number of hydrogen-bond donors (Lipinski definition) is 15. The molecule has 20 N–H and O–H groups in total. The zero-order valence-electron chi connectivity index (χ0n) is 43.6. The van der Waals surface area contributed by atoms with E-state index in [1.165, 1.54) is 11.8 Å². The molecule has 0 aromatic heterocycles. The Morgan fingerprint density at radius 2 is 1.17 bits per heavy atom. The molecule has 0 saturated carbocycles. The molecule has 0 aliphatic carbocycles. The minimum absolute atomic E-state index is 0.0790. The quantitative estimate of drug-likeness (QED) is 0.0179. The molecular weight excluding hydrogens is 997 g/mol. The molecule has 76 heavy (non-hydrogen) atoms. The Hall–Kier alpha value is -7.46. The monoisotopic (exact) mass is 1070 g/mol. The van der Waals surface area contributed by atoms with E-state index in [2.05, 4.69) is 42.2 Å². The van der Waals surface area contributed by atoms with Gasteiger partial charge in [0.05, 0.1) is 25.0 Å². The molecule has 0 bridgehead atoms. The Kier molecular flexibility index (Phi) is 27.3. The molecular formula is C48H78N14O14. The maximum atomic E-state index is 14.1. The molecule has 1 fully saturated rings. The number of guanidine groups is 1. The summed E-state index contributed by atoms with van der Waals surface area (Å²) in [5, 5.41) is 47.0. The Morgan fingerprint density at radius 3 is 1.70 bits per heavy atom. The predicted octanol–water partition coefficient (Wildman–Crippen LogP) is -4.75. The highest BCUT2D eigenvalue weighted by Crippen LogP contribution is 2.21. The van der Waals surface area contributed by atoms with Crippen LogP contribution in [0.15, 0.2) is 35.3 Å². The van der Waals surface area contributed by atoms with Gasteiger partial charge in [0.15, 0.2) is 5.96 Å². The molecule has 1 aliphatic rings. The third kappa shape index (κ3) is 21.8. The van der Waals surface area contributed by atoms with Crippen molar-refractivity contribution in [3.05, 3.63) is 35.9 Å². The highest BCUT2D eigenvalue weighted by Gasteiger charge is 2.42. The highest BCUT2D eigenvalue weighted by molar-refractivity contribution is 5.99. The van der Waals surface area contributed by atoms with Crippen LogP contribution in [-0.2, 0) is 59.2 Å². The number of hydrogen-bond acceptors (Lipinski definition) is 15. The third-order valence-corrected chi connectivity index (χ3v) is 12.2. The number of carboxylic acid groups (broad SMARTS) is 2. The zero-order chi connectivity index (χ0) is 57.4. The van der Waals surface area contributed by atoms with Crippen LogP contribution in [0.2, 0.25) is 0 Å². The van der Waals surface area contributed by atoms with Gasteiger partial charge in [0, 0.05) is 19.5 Å². The van der Waals surface area contributed by atoms with Crippen LogP contribution in [-0.4, -0.2) is 171 Å². The Bertz CT molecular complexity index is 2210. The molecule has 1 aromatic carbocycles. The van der Waals surface area contributed by atoms with Crippen LogP contribution in [0.4, 0.5) is 0 Å². The van der Waals surface area contributed by atoms with Crippen molar-refractivity contribution < 1.29 is 68.1 Å². The van der Waals surface area contributed by atoms with E-state index in [1.807, 2.05) is 0 Å². The average molecular weight is 1080 g/mol. The average Bonchev–Trinajstić information content (AvgIpc) is 3.84. The van der Waals surface area contributed by atoms with Crippen molar-refractivity contribution in [3.63, 3.8) is 0 Å². The minimum Gasteiger partial charge on any atom is -0.481 e. The Balaban J connectivity index is 2.29. The van der Waals surface area contributed by atoms with Crippen LogP contribution in [0.5, 0.6) is 0 Å². The largest absolute Gasteiger partial charge is 0.481 e. The summed E-state index contributed by atoms with van der Waals surface area (Å²) in [5.41, 5.74) is 28.3. The summed E-state index contributed by atoms with van der Waals surface area (Å²) in [6.45, 7) is 8.18. The second-order valence-corrected chi connectivity index (χ2v) is 19.3. The first kappa shape index (κ1) is 64.7. The fourth-order valence-electron chi connectivity index (χ4n) is 8.03. The van der Waals surface area contributed by atoms with Crippen LogP contribution in [0.1, 0.15) is 98.0 Å². The van der Waals surface area contributed by atoms with Gasteiger partial charge in [-0.2, -0.15) is 0 Å². The molecule has 9 amide bonds. The molecule has 1 heterocycles. The summed E-state index contributed by atoms with van der Waals surface area (Å²) in [5.74, 6) is -12.9. The van der Waals surface area contributed by atoms with Crippen LogP contribution in [0.3, 0.4) is 0 Å². The number of carbonyl (C=O) groups is 11. The van der Waals surface area contributed by atoms with E-state index in [-0.39, 0.29) is 57.7 Å². The number of aliphatic imine (C=N–C) groups is 1. The Morgan fingerprint density at radius 1 is 0.645 bits per heavy atom. The second kappa shape index (κ2) is 32.1. The van der Waals surface area contributed by atoms with Crippen LogP contribution < -0.4 is 65.9 Å². The fraction of sp³-hybridized carbons (Fsp3) is 0.625. The van der Waals surface area contributed by atoms with Crippen molar-refractivity contribution in [1.82, 2.24) is 42.1 Å². The van der Waals surface area contributed by atoms with Crippen molar-refractivity contribution in [1.29, 1.82) is 0 Å². The number of primary amides is 1. The van der Waals surface area contributed by atoms with E-state index >= 15 is 0 Å². The van der Waals surface area contributed by atoms with Crippen LogP contribution >= 0.6 is 0 Å². The summed E-state index contributed by atoms with van der Waals surface area (Å²) in [4.78, 5) is 151. The van der Waals surface area contributed by atoms with Crippen LogP contribution in [0.25, 0.3) is 0 Å². The van der Waals surface area contributed by atoms with Crippen molar-refractivity contribution in [2.75, 3.05) is 19.6 Å². The molecule has 1 aromatic rings. The topological polar surface area (TPSA) is 478 Å². The van der Waals surface area contributed by atoms with Gasteiger partial charge in [-0.05, 0) is 75.8 Å². The number of nitrogens with zero attached hydrogens (tertiary/aromatic N) is 2. The van der Waals surface area contributed by atoms with Gasteiger partial charge in [0.25, 0.3) is 0 Å². The molecule has 28 nitrogen and oxygen atoms in total. The lowest BCUT2D eigenvalue weighted by molar-refractivity contribution is -0.144. The van der Waals surface area contributed by atoms with Gasteiger partial charge in [-0.3, -0.25) is 52.9 Å². The molecule has 1 saturated heterocycles. The zero-order valence-corrected chi connectivity index (χ0v) is 43.6. The molecule has 0 spiro atoms. The molecule has 1 aliphatic heterocycles. The van der Waals surface area contributed by atoms with Gasteiger partial charge < -0.3 is 86.1 Å². The number of carbonyl (C=O) groups excluding carboxylic acids is 9. The van der Waals surface area contributed by atoms with Crippen molar-refractivity contribution in [2.45, 2.75) is 159 Å². The van der Waals surface area contributed by atoms with Crippen LogP contribution in [0, 0.1) is 11.8 Å². The summed E-state index contributed by atoms with van der Waals surface area (Å²) in [7, 11) is 0. The standard InChI is InChI=1S/C48H78N14O14/c1-24(2)36(60-45(73)37(25(3)4)59-43(71)33-17-12-20-62(33)46(74)38(26(5)63)61-39(67)28(50)15-11-19-54-48(52)53)44(72)55-29(16-9-10-18-49)40(68)56-30(22-34(51)64)41(69)57-31(23-35(65)66)42(70)58-32(47(75)76)21-27-13-7-6-8-14-27/h6-8,13-14,24-26,28-33,36-38,63H,9-12,15-23,49-50H2,1-5H3,(H2,51,64)(H,55,72)(H,56,68)(H,57,69)(H,58,70)(H,59,71)(H,60,73)(H,61,67)(H,65,66)(H,75,76)(H4,52,53,54)/t26-,28+,29+,30+,31+,32+,33+,36+,37+,38+/m1/s1. The number of rotatable bonds is 33. The molecule has 10 atom stereocenters. The first-order chi connectivity index (χ1) is 35.7. The first-order valence-corrected chi connectivity index (χ1v) is 25.1. The SMILES string of the molecule is CC(C)[C@H](NC(=O)[C@@H](NC(=O)[C@@H]1CCCN1C(=O)[C@@H](NC(=O)[C@@H](N)CCCN=C(N)N)[C@@H](C)O)C(C)C)C(=O)N[C@@H](CCCCN)C(=O)N[C@@H](CC(N)=O)C(=O)N[C@@H](CC(=O)O)C(=O)N[C@@H](Cc1ccccc1)C(=O)O. The molecule has 2 rings (SSSR count). The predicted molar refractivity (Wildman–Crippen MR) is 274 cm³/mol. The lowest BCUT2D eigenvalue weighted by Gasteiger charge is -2.32. The van der Waals surface area contributed by atoms with Gasteiger partial charge in [0.1, 0.15) is 48.3 Å². The van der Waals surface area contributed by atoms with Gasteiger partial charge in [0.2, 0.25) is 53.2 Å². The van der Waals surface area contributed by atoms with E-state index in [0.29, 0.717) is 24.8 Å². The normalized spacial score (nSPS) is 16.7. The van der Waals surface area contributed by atoms with Gasteiger partial charge in [-0.15, -0.1) is 0 Å².